The summed E-state index contributed by atoms with van der Waals surface area (Å²) in [5.41, 5.74) is 0.336. The van der Waals surface area contributed by atoms with Crippen LogP contribution in [-0.2, 0) is 11.3 Å². The second-order valence-electron chi connectivity index (χ2n) is 5.93. The second-order valence-corrected chi connectivity index (χ2v) is 5.93. The van der Waals surface area contributed by atoms with Gasteiger partial charge in [-0.3, -0.25) is 14.2 Å². The molecule has 0 spiro atoms. The number of fused-ring (bicyclic) bond motifs is 1. The van der Waals surface area contributed by atoms with Crippen molar-refractivity contribution in [3.8, 4) is 0 Å². The lowest BCUT2D eigenvalue weighted by atomic mass is 10.1. The molecule has 7 nitrogen and oxygen atoms in total. The van der Waals surface area contributed by atoms with E-state index in [9.17, 15) is 14.7 Å². The Kier molecular flexibility index (Phi) is 4.95. The molecule has 0 fully saturated rings. The molecule has 2 heterocycles. The second kappa shape index (κ2) is 7.31. The lowest BCUT2D eigenvalue weighted by Crippen LogP contribution is -2.38. The number of benzene rings is 1. The molecule has 0 aliphatic rings. The minimum absolute atomic E-state index is 0.127. The summed E-state index contributed by atoms with van der Waals surface area (Å²) in [5.74, 6) is 0.134. The quantitative estimate of drug-likeness (QED) is 0.710. The van der Waals surface area contributed by atoms with E-state index in [1.807, 2.05) is 0 Å². The van der Waals surface area contributed by atoms with Crippen molar-refractivity contribution in [2.45, 2.75) is 32.0 Å². The zero-order valence-electron chi connectivity index (χ0n) is 13.8. The number of hydrogen-bond acceptors (Lipinski definition) is 5. The van der Waals surface area contributed by atoms with Crippen molar-refractivity contribution in [3.05, 3.63) is 65.1 Å². The molecule has 0 bridgehead atoms. The highest BCUT2D eigenvalue weighted by atomic mass is 16.4. The Hall–Kier alpha value is -2.93. The van der Waals surface area contributed by atoms with E-state index in [4.69, 9.17) is 4.42 Å². The third kappa shape index (κ3) is 3.95. The normalized spacial score (nSPS) is 13.5. The summed E-state index contributed by atoms with van der Waals surface area (Å²) < 4.78 is 6.41. The number of nitrogens with one attached hydrogen (secondary N) is 1. The van der Waals surface area contributed by atoms with E-state index in [1.165, 1.54) is 17.2 Å². The van der Waals surface area contributed by atoms with E-state index in [0.717, 1.165) is 0 Å². The van der Waals surface area contributed by atoms with Crippen LogP contribution in [0.5, 0.6) is 0 Å². The maximum absolute atomic E-state index is 12.4. The number of rotatable bonds is 6. The van der Waals surface area contributed by atoms with Gasteiger partial charge in [-0.2, -0.15) is 0 Å². The summed E-state index contributed by atoms with van der Waals surface area (Å²) in [6.45, 7) is 1.66. The van der Waals surface area contributed by atoms with Crippen LogP contribution in [0.4, 0.5) is 0 Å². The Morgan fingerprint density at radius 3 is 2.88 bits per heavy atom. The Balaban J connectivity index is 1.62. The van der Waals surface area contributed by atoms with Gasteiger partial charge in [-0.15, -0.1) is 0 Å². The van der Waals surface area contributed by atoms with Gasteiger partial charge in [-0.25, -0.2) is 4.98 Å². The predicted molar refractivity (Wildman–Crippen MR) is 91.9 cm³/mol. The van der Waals surface area contributed by atoms with Crippen LogP contribution in [-0.4, -0.2) is 26.6 Å². The van der Waals surface area contributed by atoms with Gasteiger partial charge in [0.1, 0.15) is 18.4 Å². The van der Waals surface area contributed by atoms with E-state index in [-0.39, 0.29) is 24.1 Å². The summed E-state index contributed by atoms with van der Waals surface area (Å²) in [4.78, 5) is 28.7. The molecule has 0 saturated heterocycles. The number of aliphatic hydroxyl groups is 1. The Morgan fingerprint density at radius 1 is 1.32 bits per heavy atom. The van der Waals surface area contributed by atoms with Crippen molar-refractivity contribution in [1.29, 1.82) is 0 Å². The van der Waals surface area contributed by atoms with Crippen molar-refractivity contribution in [1.82, 2.24) is 14.9 Å². The number of furan rings is 1. The van der Waals surface area contributed by atoms with Crippen LogP contribution in [0.15, 0.2) is 58.2 Å². The maximum Gasteiger partial charge on any atom is 0.261 e. The minimum Gasteiger partial charge on any atom is -0.467 e. The Bertz CT molecular complexity index is 917. The fraction of sp³-hybridized carbons (Fsp3) is 0.278. The van der Waals surface area contributed by atoms with Crippen LogP contribution in [0.25, 0.3) is 10.9 Å². The smallest absolute Gasteiger partial charge is 0.261 e. The number of carbonyl (C=O) groups is 1. The van der Waals surface area contributed by atoms with Gasteiger partial charge >= 0.3 is 0 Å². The van der Waals surface area contributed by atoms with E-state index < -0.39 is 6.10 Å². The van der Waals surface area contributed by atoms with Crippen molar-refractivity contribution < 1.29 is 14.3 Å². The number of aromatic nitrogens is 2. The molecule has 1 amide bonds. The monoisotopic (exact) mass is 341 g/mol. The van der Waals surface area contributed by atoms with Crippen molar-refractivity contribution >= 4 is 16.8 Å². The molecular formula is C18H19N3O4. The number of nitrogens with zero attached hydrogens (tertiary/aromatic N) is 2. The summed E-state index contributed by atoms with van der Waals surface area (Å²) in [6.07, 6.45) is 2.37. The first-order chi connectivity index (χ1) is 12.0. The standard InChI is InChI=1S/C18H19N3O4/c1-12(9-15(22)16-7-4-8-25-16)20-17(23)10-21-11-19-14-6-3-2-5-13(14)18(21)24/h2-8,11-12,15,22H,9-10H2,1H3,(H,20,23). The summed E-state index contributed by atoms with van der Waals surface area (Å²) in [5, 5.41) is 13.3. The zero-order valence-corrected chi connectivity index (χ0v) is 13.8. The first-order valence-electron chi connectivity index (χ1n) is 7.99. The fourth-order valence-electron chi connectivity index (χ4n) is 2.68. The molecule has 3 rings (SSSR count). The highest BCUT2D eigenvalue weighted by Gasteiger charge is 2.17. The number of hydrogen-bond donors (Lipinski definition) is 2. The molecule has 2 aromatic heterocycles. The van der Waals surface area contributed by atoms with Crippen LogP contribution < -0.4 is 10.9 Å². The summed E-state index contributed by atoms with van der Waals surface area (Å²) >= 11 is 0. The largest absolute Gasteiger partial charge is 0.467 e. The zero-order chi connectivity index (χ0) is 17.8. The molecule has 2 unspecified atom stereocenters. The minimum atomic E-state index is -0.796. The van der Waals surface area contributed by atoms with Gasteiger partial charge in [-0.05, 0) is 31.2 Å². The van der Waals surface area contributed by atoms with Crippen molar-refractivity contribution in [3.63, 3.8) is 0 Å². The Labute approximate surface area is 143 Å². The van der Waals surface area contributed by atoms with E-state index >= 15 is 0 Å². The fourth-order valence-corrected chi connectivity index (χ4v) is 2.68. The SMILES string of the molecule is CC(CC(O)c1ccco1)NC(=O)Cn1cnc2ccccc2c1=O. The lowest BCUT2D eigenvalue weighted by molar-refractivity contribution is -0.122. The molecule has 0 aliphatic carbocycles. The summed E-state index contributed by atoms with van der Waals surface area (Å²) in [7, 11) is 0. The van der Waals surface area contributed by atoms with Crippen LogP contribution >= 0.6 is 0 Å². The van der Waals surface area contributed by atoms with E-state index in [2.05, 4.69) is 10.3 Å². The van der Waals surface area contributed by atoms with Crippen LogP contribution in [0.2, 0.25) is 0 Å². The van der Waals surface area contributed by atoms with Gasteiger partial charge in [0.25, 0.3) is 5.56 Å². The van der Waals surface area contributed by atoms with Crippen LogP contribution in [0, 0.1) is 0 Å². The molecule has 0 radical (unpaired) electrons. The van der Waals surface area contributed by atoms with Crippen LogP contribution in [0.3, 0.4) is 0 Å². The molecule has 2 N–H and O–H groups in total. The van der Waals surface area contributed by atoms with Gasteiger partial charge in [0.2, 0.25) is 5.91 Å². The molecule has 25 heavy (non-hydrogen) atoms. The molecule has 0 aliphatic heterocycles. The molecule has 130 valence electrons. The first-order valence-corrected chi connectivity index (χ1v) is 7.99. The van der Waals surface area contributed by atoms with E-state index in [0.29, 0.717) is 23.1 Å². The van der Waals surface area contributed by atoms with Gasteiger partial charge in [0.05, 0.1) is 23.5 Å². The average molecular weight is 341 g/mol. The molecule has 2 atom stereocenters. The molecule has 1 aromatic carbocycles. The maximum atomic E-state index is 12.4. The molecule has 7 heteroatoms. The number of amides is 1. The van der Waals surface area contributed by atoms with Crippen molar-refractivity contribution in [2.24, 2.45) is 0 Å². The molecule has 3 aromatic rings. The third-order valence-electron chi connectivity index (χ3n) is 3.90. The van der Waals surface area contributed by atoms with Crippen molar-refractivity contribution in [2.75, 3.05) is 0 Å². The third-order valence-corrected chi connectivity index (χ3v) is 3.90. The highest BCUT2D eigenvalue weighted by Crippen LogP contribution is 2.18. The van der Waals surface area contributed by atoms with Crippen LogP contribution in [0.1, 0.15) is 25.2 Å². The van der Waals surface area contributed by atoms with Gasteiger partial charge in [-0.1, -0.05) is 12.1 Å². The predicted octanol–water partition coefficient (Wildman–Crippen LogP) is 1.62. The lowest BCUT2D eigenvalue weighted by Gasteiger charge is -2.17. The Morgan fingerprint density at radius 2 is 2.12 bits per heavy atom. The number of carbonyl (C=O) groups excluding carboxylic acids is 1. The van der Waals surface area contributed by atoms with Gasteiger partial charge in [0, 0.05) is 12.5 Å². The van der Waals surface area contributed by atoms with Gasteiger partial charge in [0.15, 0.2) is 0 Å². The number of para-hydroxylation sites is 1. The average Bonchev–Trinajstić information content (AvgIpc) is 3.12. The summed E-state index contributed by atoms with van der Waals surface area (Å²) in [6, 6.07) is 10.1. The topological polar surface area (TPSA) is 97.4 Å². The molecule has 0 saturated carbocycles. The van der Waals surface area contributed by atoms with Gasteiger partial charge < -0.3 is 14.8 Å². The highest BCUT2D eigenvalue weighted by molar-refractivity contribution is 5.78. The first kappa shape index (κ1) is 16.9. The van der Waals surface area contributed by atoms with E-state index in [1.54, 1.807) is 43.3 Å². The number of aliphatic hydroxyl groups excluding tert-OH is 1. The molecular weight excluding hydrogens is 322 g/mol.